The molecule has 2 amide bonds. The summed E-state index contributed by atoms with van der Waals surface area (Å²) in [4.78, 5) is 25.0. The Bertz CT molecular complexity index is 269. The van der Waals surface area contributed by atoms with Crippen molar-refractivity contribution in [1.29, 1.82) is 0 Å². The number of carbonyl (C=O) groups is 2. The third kappa shape index (κ3) is 5.97. The van der Waals surface area contributed by atoms with Gasteiger partial charge in [-0.2, -0.15) is 0 Å². The van der Waals surface area contributed by atoms with Gasteiger partial charge in [0.1, 0.15) is 0 Å². The van der Waals surface area contributed by atoms with Gasteiger partial charge < -0.3 is 20.7 Å². The molecule has 0 heterocycles. The molecule has 6 heteroatoms. The predicted molar refractivity (Wildman–Crippen MR) is 70.0 cm³/mol. The zero-order valence-corrected chi connectivity index (χ0v) is 11.7. The largest absolute Gasteiger partial charge is 0.383 e. The lowest BCUT2D eigenvalue weighted by atomic mass is 10.1. The van der Waals surface area contributed by atoms with Crippen molar-refractivity contribution < 1.29 is 14.3 Å². The van der Waals surface area contributed by atoms with Crippen LogP contribution in [0.25, 0.3) is 0 Å². The third-order valence-corrected chi connectivity index (χ3v) is 2.73. The molecular formula is C12H25N3O3. The maximum absolute atomic E-state index is 11.8. The van der Waals surface area contributed by atoms with Crippen molar-refractivity contribution in [3.8, 4) is 0 Å². The lowest BCUT2D eigenvalue weighted by molar-refractivity contribution is -0.133. The van der Waals surface area contributed by atoms with Crippen LogP contribution in [0, 0.1) is 5.92 Å². The number of methoxy groups -OCH3 is 1. The van der Waals surface area contributed by atoms with Gasteiger partial charge in [-0.05, 0) is 12.8 Å². The number of ether oxygens (including phenoxy) is 1. The van der Waals surface area contributed by atoms with E-state index in [-0.39, 0.29) is 24.3 Å². The average Bonchev–Trinajstić information content (AvgIpc) is 2.35. The fraction of sp³-hybridized carbons (Fsp3) is 0.833. The number of nitrogens with two attached hydrogens (primary N) is 1. The Morgan fingerprint density at radius 2 is 2.00 bits per heavy atom. The maximum atomic E-state index is 11.8. The summed E-state index contributed by atoms with van der Waals surface area (Å²) in [5, 5.41) is 2.56. The second-order valence-electron chi connectivity index (χ2n) is 4.45. The first-order chi connectivity index (χ1) is 8.43. The second kappa shape index (κ2) is 8.88. The average molecular weight is 259 g/mol. The first kappa shape index (κ1) is 16.9. The van der Waals surface area contributed by atoms with Crippen molar-refractivity contribution in [1.82, 2.24) is 10.2 Å². The minimum Gasteiger partial charge on any atom is -0.383 e. The van der Waals surface area contributed by atoms with Crippen molar-refractivity contribution in [2.24, 2.45) is 11.7 Å². The molecule has 0 aromatic heterocycles. The summed E-state index contributed by atoms with van der Waals surface area (Å²) in [5.74, 6) is -0.365. The molecule has 0 spiro atoms. The molecule has 0 aromatic carbocycles. The van der Waals surface area contributed by atoms with E-state index in [0.29, 0.717) is 19.7 Å². The molecule has 0 unspecified atom stereocenters. The van der Waals surface area contributed by atoms with Gasteiger partial charge in [-0.3, -0.25) is 9.59 Å². The Hall–Kier alpha value is -1.14. The van der Waals surface area contributed by atoms with Crippen molar-refractivity contribution >= 4 is 11.8 Å². The van der Waals surface area contributed by atoms with Crippen LogP contribution in [0.15, 0.2) is 0 Å². The molecule has 1 atom stereocenters. The molecule has 0 bridgehead atoms. The number of likely N-dealkylation sites (N-methyl/N-ethyl adjacent to an activating group) is 1. The van der Waals surface area contributed by atoms with Crippen LogP contribution in [0.5, 0.6) is 0 Å². The van der Waals surface area contributed by atoms with E-state index >= 15 is 0 Å². The number of rotatable bonds is 8. The first-order valence-electron chi connectivity index (χ1n) is 6.24. The molecule has 0 aliphatic rings. The van der Waals surface area contributed by atoms with E-state index in [4.69, 9.17) is 10.5 Å². The number of hydrogen-bond acceptors (Lipinski definition) is 4. The summed E-state index contributed by atoms with van der Waals surface area (Å²) in [7, 11) is 1.59. The molecule has 0 aliphatic carbocycles. The Balaban J connectivity index is 4.11. The smallest absolute Gasteiger partial charge is 0.242 e. The van der Waals surface area contributed by atoms with Crippen molar-refractivity contribution in [2.75, 3.05) is 33.4 Å². The van der Waals surface area contributed by atoms with E-state index in [1.54, 1.807) is 12.0 Å². The SMILES string of the molecule is CCN(CCOC)C(=O)CNC(=O)[C@@H](N)C(C)C. The van der Waals surface area contributed by atoms with Gasteiger partial charge >= 0.3 is 0 Å². The second-order valence-corrected chi connectivity index (χ2v) is 4.45. The summed E-state index contributed by atoms with van der Waals surface area (Å²) in [6, 6.07) is -0.577. The standard InChI is InChI=1S/C12H25N3O3/c1-5-15(6-7-18-4)10(16)8-14-12(17)11(13)9(2)3/h9,11H,5-8,13H2,1-4H3,(H,14,17)/t11-/m0/s1. The highest BCUT2D eigenvalue weighted by molar-refractivity contribution is 5.87. The van der Waals surface area contributed by atoms with Crippen LogP contribution < -0.4 is 11.1 Å². The van der Waals surface area contributed by atoms with Gasteiger partial charge in [0.15, 0.2) is 0 Å². The molecular weight excluding hydrogens is 234 g/mol. The van der Waals surface area contributed by atoms with Crippen LogP contribution in [-0.2, 0) is 14.3 Å². The van der Waals surface area contributed by atoms with Crippen LogP contribution in [0.4, 0.5) is 0 Å². The minimum absolute atomic E-state index is 0.0171. The third-order valence-electron chi connectivity index (χ3n) is 2.73. The zero-order valence-electron chi connectivity index (χ0n) is 11.7. The highest BCUT2D eigenvalue weighted by Gasteiger charge is 2.19. The van der Waals surface area contributed by atoms with Gasteiger partial charge in [-0.1, -0.05) is 13.8 Å². The molecule has 0 rings (SSSR count). The highest BCUT2D eigenvalue weighted by atomic mass is 16.5. The Labute approximate surface area is 109 Å². The molecule has 0 radical (unpaired) electrons. The van der Waals surface area contributed by atoms with E-state index in [0.717, 1.165) is 0 Å². The van der Waals surface area contributed by atoms with Crippen molar-refractivity contribution in [3.05, 3.63) is 0 Å². The minimum atomic E-state index is -0.577. The maximum Gasteiger partial charge on any atom is 0.242 e. The number of carbonyl (C=O) groups excluding carboxylic acids is 2. The van der Waals surface area contributed by atoms with Gasteiger partial charge in [-0.25, -0.2) is 0 Å². The molecule has 0 fully saturated rings. The van der Waals surface area contributed by atoms with Crippen LogP contribution in [0.2, 0.25) is 0 Å². The van der Waals surface area contributed by atoms with Crippen molar-refractivity contribution in [3.63, 3.8) is 0 Å². The number of hydrogen-bond donors (Lipinski definition) is 2. The van der Waals surface area contributed by atoms with Gasteiger partial charge in [0, 0.05) is 20.2 Å². The normalized spacial score (nSPS) is 12.3. The van der Waals surface area contributed by atoms with Gasteiger partial charge in [0.05, 0.1) is 19.2 Å². The van der Waals surface area contributed by atoms with Gasteiger partial charge in [0.2, 0.25) is 11.8 Å². The van der Waals surface area contributed by atoms with E-state index in [9.17, 15) is 9.59 Å². The molecule has 3 N–H and O–H groups in total. The van der Waals surface area contributed by atoms with Crippen LogP contribution in [0.1, 0.15) is 20.8 Å². The Morgan fingerprint density at radius 3 is 2.44 bits per heavy atom. The monoisotopic (exact) mass is 259 g/mol. The molecule has 0 aliphatic heterocycles. The molecule has 18 heavy (non-hydrogen) atoms. The summed E-state index contributed by atoms with van der Waals surface area (Å²) >= 11 is 0. The highest BCUT2D eigenvalue weighted by Crippen LogP contribution is 1.97. The Kier molecular flexibility index (Phi) is 8.32. The quantitative estimate of drug-likeness (QED) is 0.620. The zero-order chi connectivity index (χ0) is 14.1. The summed E-state index contributed by atoms with van der Waals surface area (Å²) in [5.41, 5.74) is 5.68. The van der Waals surface area contributed by atoms with E-state index in [2.05, 4.69) is 5.32 Å². The summed E-state index contributed by atoms with van der Waals surface area (Å²) in [6.07, 6.45) is 0. The first-order valence-corrected chi connectivity index (χ1v) is 6.24. The lowest BCUT2D eigenvalue weighted by Crippen LogP contribution is -2.48. The topological polar surface area (TPSA) is 84.7 Å². The molecule has 6 nitrogen and oxygen atoms in total. The van der Waals surface area contributed by atoms with Crippen LogP contribution in [0.3, 0.4) is 0 Å². The molecule has 0 aromatic rings. The number of amides is 2. The fourth-order valence-electron chi connectivity index (χ4n) is 1.36. The van der Waals surface area contributed by atoms with Crippen molar-refractivity contribution in [2.45, 2.75) is 26.8 Å². The van der Waals surface area contributed by atoms with E-state index in [1.807, 2.05) is 20.8 Å². The molecule has 106 valence electrons. The number of nitrogens with zero attached hydrogens (tertiary/aromatic N) is 1. The molecule has 0 saturated carbocycles. The van der Waals surface area contributed by atoms with Crippen LogP contribution in [-0.4, -0.2) is 56.1 Å². The van der Waals surface area contributed by atoms with Gasteiger partial charge in [-0.15, -0.1) is 0 Å². The Morgan fingerprint density at radius 1 is 1.39 bits per heavy atom. The predicted octanol–water partition coefficient (Wildman–Crippen LogP) is -0.419. The van der Waals surface area contributed by atoms with E-state index in [1.165, 1.54) is 0 Å². The fourth-order valence-corrected chi connectivity index (χ4v) is 1.36. The summed E-state index contributed by atoms with van der Waals surface area (Å²) < 4.78 is 4.92. The summed E-state index contributed by atoms with van der Waals surface area (Å²) in [6.45, 7) is 7.20. The lowest BCUT2D eigenvalue weighted by Gasteiger charge is -2.21. The number of nitrogens with one attached hydrogen (secondary N) is 1. The van der Waals surface area contributed by atoms with Crippen LogP contribution >= 0.6 is 0 Å². The van der Waals surface area contributed by atoms with E-state index < -0.39 is 6.04 Å². The molecule has 0 saturated heterocycles. The van der Waals surface area contributed by atoms with Gasteiger partial charge in [0.25, 0.3) is 0 Å².